The number of hydrogen-bond acceptors (Lipinski definition) is 0. The smallest absolute Gasteiger partial charge is 0.169 e. The summed E-state index contributed by atoms with van der Waals surface area (Å²) in [6.07, 6.45) is 22.3. The van der Waals surface area contributed by atoms with E-state index < -0.39 is 0 Å². The third-order valence-electron chi connectivity index (χ3n) is 5.25. The largest absolute Gasteiger partial charge is 0.205 e. The molecule has 0 N–H and O–H groups in total. The highest BCUT2D eigenvalue weighted by molar-refractivity contribution is 5.72. The van der Waals surface area contributed by atoms with Crippen molar-refractivity contribution in [3.63, 3.8) is 0 Å². The van der Waals surface area contributed by atoms with Crippen LogP contribution in [-0.4, -0.2) is 0 Å². The van der Waals surface area contributed by atoms with E-state index in [0.717, 1.165) is 13.1 Å². The molecule has 3 rings (SSSR count). The molecule has 0 saturated heterocycles. The molecule has 0 atom stereocenters. The third kappa shape index (κ3) is 7.11. The Labute approximate surface area is 181 Å². The average molecular weight is 399 g/mol. The normalized spacial score (nSPS) is 11.5. The molecule has 0 bridgehead atoms. The summed E-state index contributed by atoms with van der Waals surface area (Å²) >= 11 is 0. The van der Waals surface area contributed by atoms with Crippen molar-refractivity contribution in [2.45, 2.75) is 52.6 Å². The minimum absolute atomic E-state index is 1.09. The Balaban J connectivity index is 1.55. The fourth-order valence-electron chi connectivity index (χ4n) is 3.24. The van der Waals surface area contributed by atoms with E-state index in [2.05, 4.69) is 121 Å². The Hall–Kier alpha value is -3.00. The highest BCUT2D eigenvalue weighted by Crippen LogP contribution is 2.12. The Morgan fingerprint density at radius 2 is 0.800 bits per heavy atom. The van der Waals surface area contributed by atoms with Crippen molar-refractivity contribution in [1.82, 2.24) is 0 Å². The van der Waals surface area contributed by atoms with E-state index in [1.165, 1.54) is 47.9 Å². The molecule has 0 aliphatic heterocycles. The lowest BCUT2D eigenvalue weighted by molar-refractivity contribution is -0.697. The maximum atomic E-state index is 2.25. The van der Waals surface area contributed by atoms with Crippen LogP contribution in [0, 0.1) is 0 Å². The number of hydrogen-bond donors (Lipinski definition) is 0. The van der Waals surface area contributed by atoms with E-state index >= 15 is 0 Å². The maximum absolute atomic E-state index is 2.25. The summed E-state index contributed by atoms with van der Waals surface area (Å²) in [5.74, 6) is 0. The molecule has 3 aromatic rings. The highest BCUT2D eigenvalue weighted by atomic mass is 14.9. The van der Waals surface area contributed by atoms with Crippen molar-refractivity contribution in [1.29, 1.82) is 0 Å². The van der Waals surface area contributed by atoms with Crippen molar-refractivity contribution in [2.24, 2.45) is 0 Å². The van der Waals surface area contributed by atoms with Crippen LogP contribution < -0.4 is 9.13 Å². The Bertz CT molecular complexity index is 853. The predicted octanol–water partition coefficient (Wildman–Crippen LogP) is 6.20. The molecular formula is C28H34N2+2. The summed E-state index contributed by atoms with van der Waals surface area (Å²) in [7, 11) is 0. The first-order valence-corrected chi connectivity index (χ1v) is 11.2. The van der Waals surface area contributed by atoms with Gasteiger partial charge in [0, 0.05) is 37.1 Å². The van der Waals surface area contributed by atoms with Crippen molar-refractivity contribution < 1.29 is 9.13 Å². The number of aryl methyl sites for hydroxylation is 2. The first-order chi connectivity index (χ1) is 14.8. The molecule has 0 aliphatic rings. The first-order valence-electron chi connectivity index (χ1n) is 11.2. The van der Waals surface area contributed by atoms with Crippen LogP contribution in [0.4, 0.5) is 0 Å². The van der Waals surface area contributed by atoms with Gasteiger partial charge in [-0.3, -0.25) is 0 Å². The second-order valence-corrected chi connectivity index (χ2v) is 7.78. The fraction of sp³-hybridized carbons (Fsp3) is 0.286. The summed E-state index contributed by atoms with van der Waals surface area (Å²) in [6.45, 7) is 6.64. The summed E-state index contributed by atoms with van der Waals surface area (Å²) in [4.78, 5) is 0. The van der Waals surface area contributed by atoms with Crippen LogP contribution in [0.5, 0.6) is 0 Å². The number of rotatable bonds is 10. The zero-order valence-electron chi connectivity index (χ0n) is 18.4. The van der Waals surface area contributed by atoms with Crippen molar-refractivity contribution in [3.8, 4) is 0 Å². The van der Waals surface area contributed by atoms with E-state index in [1.54, 1.807) is 0 Å². The van der Waals surface area contributed by atoms with E-state index in [0.29, 0.717) is 0 Å². The lowest BCUT2D eigenvalue weighted by Crippen LogP contribution is -2.32. The molecule has 2 aromatic heterocycles. The van der Waals surface area contributed by atoms with Gasteiger partial charge in [0.25, 0.3) is 0 Å². The number of pyridine rings is 2. The van der Waals surface area contributed by atoms with Crippen LogP contribution in [0.25, 0.3) is 24.3 Å². The van der Waals surface area contributed by atoms with Crippen LogP contribution in [-0.2, 0) is 13.1 Å². The highest BCUT2D eigenvalue weighted by Gasteiger charge is 1.99. The van der Waals surface area contributed by atoms with Crippen LogP contribution in [0.2, 0.25) is 0 Å². The summed E-state index contributed by atoms with van der Waals surface area (Å²) in [6, 6.07) is 17.4. The van der Waals surface area contributed by atoms with Gasteiger partial charge in [-0.05, 0) is 22.3 Å². The molecule has 1 aromatic carbocycles. The fourth-order valence-corrected chi connectivity index (χ4v) is 3.24. The molecule has 0 radical (unpaired) electrons. The quantitative estimate of drug-likeness (QED) is 0.359. The van der Waals surface area contributed by atoms with Gasteiger partial charge in [-0.25, -0.2) is 9.13 Å². The van der Waals surface area contributed by atoms with E-state index in [9.17, 15) is 0 Å². The minimum Gasteiger partial charge on any atom is -0.205 e. The maximum Gasteiger partial charge on any atom is 0.169 e. The van der Waals surface area contributed by atoms with Gasteiger partial charge in [0.1, 0.15) is 13.1 Å². The van der Waals surface area contributed by atoms with Gasteiger partial charge in [0.05, 0.1) is 0 Å². The molecule has 0 amide bonds. The van der Waals surface area contributed by atoms with Gasteiger partial charge >= 0.3 is 0 Å². The number of nitrogens with zero attached hydrogens (tertiary/aromatic N) is 2. The molecule has 2 heteroatoms. The van der Waals surface area contributed by atoms with Gasteiger partial charge in [-0.1, -0.05) is 75.3 Å². The van der Waals surface area contributed by atoms with Crippen LogP contribution in [0.3, 0.4) is 0 Å². The number of unbranched alkanes of at least 4 members (excludes halogenated alkanes) is 2. The predicted molar refractivity (Wildman–Crippen MR) is 127 cm³/mol. The van der Waals surface area contributed by atoms with Crippen LogP contribution in [0.1, 0.15) is 61.8 Å². The second-order valence-electron chi connectivity index (χ2n) is 7.78. The van der Waals surface area contributed by atoms with Gasteiger partial charge in [0.2, 0.25) is 0 Å². The molecule has 0 aliphatic carbocycles. The van der Waals surface area contributed by atoms with Gasteiger partial charge in [0.15, 0.2) is 24.8 Å². The monoisotopic (exact) mass is 398 g/mol. The topological polar surface area (TPSA) is 7.76 Å². The number of aromatic nitrogens is 2. The van der Waals surface area contributed by atoms with Crippen molar-refractivity contribution in [3.05, 3.63) is 95.6 Å². The second kappa shape index (κ2) is 11.9. The molecule has 2 heterocycles. The molecular weight excluding hydrogens is 364 g/mol. The first kappa shape index (κ1) is 21.7. The Morgan fingerprint density at radius 3 is 1.10 bits per heavy atom. The minimum atomic E-state index is 1.09. The third-order valence-corrected chi connectivity index (χ3v) is 5.25. The van der Waals surface area contributed by atoms with Gasteiger partial charge < -0.3 is 0 Å². The molecule has 2 nitrogen and oxygen atoms in total. The molecule has 0 spiro atoms. The summed E-state index contributed by atoms with van der Waals surface area (Å²) < 4.78 is 4.50. The standard InChI is InChI=1S/C28H34N2/c1-3-5-19-29-21-15-27(16-22-29)13-11-25-7-9-26(10-8-25)12-14-28-17-23-30(24-18-28)20-6-4-2/h7-18,21-24H,3-6,19-20H2,1-2H3/q+2. The Kier molecular flexibility index (Phi) is 8.59. The van der Waals surface area contributed by atoms with E-state index in [4.69, 9.17) is 0 Å². The molecule has 0 unspecified atom stereocenters. The van der Waals surface area contributed by atoms with Crippen molar-refractivity contribution in [2.75, 3.05) is 0 Å². The summed E-state index contributed by atoms with van der Waals surface area (Å²) in [5, 5.41) is 0. The zero-order chi connectivity index (χ0) is 21.0. The number of benzene rings is 1. The lowest BCUT2D eigenvalue weighted by Gasteiger charge is -1.98. The van der Waals surface area contributed by atoms with Gasteiger partial charge in [-0.15, -0.1) is 0 Å². The zero-order valence-corrected chi connectivity index (χ0v) is 18.4. The molecule has 30 heavy (non-hydrogen) atoms. The van der Waals surface area contributed by atoms with E-state index in [1.807, 2.05) is 0 Å². The average Bonchev–Trinajstić information content (AvgIpc) is 2.80. The lowest BCUT2D eigenvalue weighted by atomic mass is 10.1. The van der Waals surface area contributed by atoms with Crippen LogP contribution in [0.15, 0.2) is 73.3 Å². The van der Waals surface area contributed by atoms with Gasteiger partial charge in [-0.2, -0.15) is 0 Å². The molecule has 0 saturated carbocycles. The van der Waals surface area contributed by atoms with E-state index in [-0.39, 0.29) is 0 Å². The van der Waals surface area contributed by atoms with Crippen LogP contribution >= 0.6 is 0 Å². The Morgan fingerprint density at radius 1 is 0.500 bits per heavy atom. The SMILES string of the molecule is CCCC[n+]1ccc(C=Cc2ccc(C=Cc3cc[n+](CCCC)cc3)cc2)cc1. The van der Waals surface area contributed by atoms with Crippen molar-refractivity contribution >= 4 is 24.3 Å². The summed E-state index contributed by atoms with van der Waals surface area (Å²) in [5.41, 5.74) is 4.89. The molecule has 0 fully saturated rings. The molecule has 154 valence electrons.